The highest BCUT2D eigenvalue weighted by Crippen LogP contribution is 2.35. The predicted octanol–water partition coefficient (Wildman–Crippen LogP) is 5.21. The molecule has 1 atom stereocenters. The number of ether oxygens (including phenoxy) is 1. The summed E-state index contributed by atoms with van der Waals surface area (Å²) in [5.41, 5.74) is 1.64. The Morgan fingerprint density at radius 1 is 0.974 bits per heavy atom. The molecular formula is C30H37FN4O4. The highest BCUT2D eigenvalue weighted by molar-refractivity contribution is 6.02. The molecule has 0 spiro atoms. The highest BCUT2D eigenvalue weighted by Gasteiger charge is 2.38. The van der Waals surface area contributed by atoms with Crippen LogP contribution in [0.2, 0.25) is 0 Å². The minimum Gasteiger partial charge on any atom is -0.444 e. The second-order valence-electron chi connectivity index (χ2n) is 11.7. The second-order valence-corrected chi connectivity index (χ2v) is 11.7. The van der Waals surface area contributed by atoms with Crippen LogP contribution in [0.1, 0.15) is 68.4 Å². The highest BCUT2D eigenvalue weighted by atomic mass is 19.1. The lowest BCUT2D eigenvalue weighted by Crippen LogP contribution is -2.53. The molecule has 5 rings (SSSR count). The summed E-state index contributed by atoms with van der Waals surface area (Å²) in [5.74, 6) is -0.568. The average Bonchev–Trinajstić information content (AvgIpc) is 3.61. The molecule has 2 saturated heterocycles. The molecule has 0 radical (unpaired) electrons. The van der Waals surface area contributed by atoms with Gasteiger partial charge in [-0.05, 0) is 70.7 Å². The Morgan fingerprint density at radius 2 is 1.69 bits per heavy atom. The first-order chi connectivity index (χ1) is 18.6. The van der Waals surface area contributed by atoms with Crippen LogP contribution in [-0.4, -0.2) is 66.0 Å². The number of hydrogen-bond donors (Lipinski definition) is 1. The number of carbonyl (C=O) groups is 3. The van der Waals surface area contributed by atoms with E-state index in [0.717, 1.165) is 44.5 Å². The summed E-state index contributed by atoms with van der Waals surface area (Å²) in [5, 5.41) is 2.99. The summed E-state index contributed by atoms with van der Waals surface area (Å²) in [6, 6.07) is 11.1. The van der Waals surface area contributed by atoms with E-state index in [2.05, 4.69) is 10.2 Å². The standard InChI is InChI=1S/C30H37FN4O4/c1-30(2,3)39-29(38)34-16-17-35(26(19-34)22-8-4-5-9-24(22)31)28(37)23-13-12-21(32-27(36)20-10-11-20)18-25(23)33-14-6-7-15-33/h4-5,8-9,12-13,18,20,26H,6-7,10-11,14-17,19H2,1-3H3,(H,32,36). The molecule has 3 aliphatic rings. The van der Waals surface area contributed by atoms with Crippen molar-refractivity contribution < 1.29 is 23.5 Å². The zero-order valence-corrected chi connectivity index (χ0v) is 22.9. The molecule has 208 valence electrons. The molecule has 2 aromatic rings. The van der Waals surface area contributed by atoms with Gasteiger partial charge in [0.1, 0.15) is 11.4 Å². The van der Waals surface area contributed by atoms with Crippen LogP contribution in [0.4, 0.5) is 20.6 Å². The van der Waals surface area contributed by atoms with Crippen molar-refractivity contribution in [3.8, 4) is 0 Å². The topological polar surface area (TPSA) is 82.2 Å². The third-order valence-corrected chi connectivity index (χ3v) is 7.45. The number of hydrogen-bond acceptors (Lipinski definition) is 5. The summed E-state index contributed by atoms with van der Waals surface area (Å²) >= 11 is 0. The quantitative estimate of drug-likeness (QED) is 0.568. The van der Waals surface area contributed by atoms with Crippen molar-refractivity contribution in [3.05, 3.63) is 59.4 Å². The van der Waals surface area contributed by atoms with Crippen LogP contribution < -0.4 is 10.2 Å². The van der Waals surface area contributed by atoms with E-state index in [1.807, 2.05) is 6.07 Å². The van der Waals surface area contributed by atoms with Crippen molar-refractivity contribution in [3.63, 3.8) is 0 Å². The summed E-state index contributed by atoms with van der Waals surface area (Å²) in [6.07, 6.45) is 3.39. The molecule has 39 heavy (non-hydrogen) atoms. The van der Waals surface area contributed by atoms with Gasteiger partial charge in [-0.3, -0.25) is 9.59 Å². The number of piperazine rings is 1. The smallest absolute Gasteiger partial charge is 0.410 e. The van der Waals surface area contributed by atoms with Crippen molar-refractivity contribution in [2.75, 3.05) is 42.9 Å². The first-order valence-corrected chi connectivity index (χ1v) is 13.8. The van der Waals surface area contributed by atoms with Gasteiger partial charge >= 0.3 is 6.09 Å². The van der Waals surface area contributed by atoms with Crippen LogP contribution in [0.15, 0.2) is 42.5 Å². The Labute approximate surface area is 229 Å². The van der Waals surface area contributed by atoms with Crippen molar-refractivity contribution >= 4 is 29.3 Å². The number of anilines is 2. The lowest BCUT2D eigenvalue weighted by atomic mass is 9.99. The van der Waals surface area contributed by atoms with E-state index in [1.54, 1.807) is 60.9 Å². The molecular weight excluding hydrogens is 499 g/mol. The summed E-state index contributed by atoms with van der Waals surface area (Å²) in [6.45, 7) is 7.68. The number of benzene rings is 2. The van der Waals surface area contributed by atoms with Crippen LogP contribution in [-0.2, 0) is 9.53 Å². The van der Waals surface area contributed by atoms with Crippen LogP contribution in [0.3, 0.4) is 0 Å². The number of rotatable bonds is 5. The molecule has 0 aromatic heterocycles. The maximum Gasteiger partial charge on any atom is 0.410 e. The number of amides is 3. The molecule has 2 heterocycles. The van der Waals surface area contributed by atoms with Gasteiger partial charge in [-0.25, -0.2) is 9.18 Å². The number of halogens is 1. The largest absolute Gasteiger partial charge is 0.444 e. The average molecular weight is 537 g/mol. The lowest BCUT2D eigenvalue weighted by molar-refractivity contribution is -0.117. The summed E-state index contributed by atoms with van der Waals surface area (Å²) in [7, 11) is 0. The van der Waals surface area contributed by atoms with Gasteiger partial charge in [-0.15, -0.1) is 0 Å². The Morgan fingerprint density at radius 3 is 2.36 bits per heavy atom. The lowest BCUT2D eigenvalue weighted by Gasteiger charge is -2.42. The van der Waals surface area contributed by atoms with Gasteiger partial charge in [-0.2, -0.15) is 0 Å². The van der Waals surface area contributed by atoms with E-state index in [9.17, 15) is 14.4 Å². The van der Waals surface area contributed by atoms with Crippen molar-refractivity contribution in [1.29, 1.82) is 0 Å². The van der Waals surface area contributed by atoms with Crippen LogP contribution >= 0.6 is 0 Å². The Kier molecular flexibility index (Phi) is 7.51. The molecule has 9 heteroatoms. The zero-order chi connectivity index (χ0) is 27.7. The molecule has 1 N–H and O–H groups in total. The van der Waals surface area contributed by atoms with Gasteiger partial charge in [-0.1, -0.05) is 18.2 Å². The molecule has 1 saturated carbocycles. The minimum atomic E-state index is -0.680. The van der Waals surface area contributed by atoms with Gasteiger partial charge in [0.2, 0.25) is 5.91 Å². The van der Waals surface area contributed by atoms with Crippen molar-refractivity contribution in [2.45, 2.75) is 58.1 Å². The molecule has 2 aromatic carbocycles. The monoisotopic (exact) mass is 536 g/mol. The van der Waals surface area contributed by atoms with Crippen molar-refractivity contribution in [2.24, 2.45) is 5.92 Å². The Balaban J connectivity index is 1.46. The second kappa shape index (κ2) is 10.9. The van der Waals surface area contributed by atoms with Gasteiger partial charge in [0.25, 0.3) is 5.91 Å². The minimum absolute atomic E-state index is 0.0133. The number of carbonyl (C=O) groups excluding carboxylic acids is 3. The van der Waals surface area contributed by atoms with E-state index >= 15 is 4.39 Å². The SMILES string of the molecule is CC(C)(C)OC(=O)N1CCN(C(=O)c2ccc(NC(=O)C3CC3)cc2N2CCCC2)C(c2ccccc2F)C1. The van der Waals surface area contributed by atoms with E-state index in [4.69, 9.17) is 4.74 Å². The molecule has 2 aliphatic heterocycles. The molecule has 1 unspecified atom stereocenters. The first kappa shape index (κ1) is 27.0. The normalized spacial score (nSPS) is 19.7. The van der Waals surface area contributed by atoms with Crippen LogP contribution in [0.25, 0.3) is 0 Å². The molecule has 3 fully saturated rings. The Bertz CT molecular complexity index is 1250. The van der Waals surface area contributed by atoms with Gasteiger partial charge < -0.3 is 24.8 Å². The zero-order valence-electron chi connectivity index (χ0n) is 22.9. The van der Waals surface area contributed by atoms with E-state index in [-0.39, 0.29) is 37.4 Å². The van der Waals surface area contributed by atoms with Gasteiger partial charge in [0, 0.05) is 49.9 Å². The third kappa shape index (κ3) is 6.18. The fraction of sp³-hybridized carbons (Fsp3) is 0.500. The fourth-order valence-electron chi connectivity index (χ4n) is 5.28. The van der Waals surface area contributed by atoms with Crippen LogP contribution in [0, 0.1) is 11.7 Å². The fourth-order valence-corrected chi connectivity index (χ4v) is 5.28. The maximum atomic E-state index is 15.1. The summed E-state index contributed by atoms with van der Waals surface area (Å²) < 4.78 is 20.6. The number of nitrogens with zero attached hydrogens (tertiary/aromatic N) is 3. The van der Waals surface area contributed by atoms with Gasteiger partial charge in [0.15, 0.2) is 0 Å². The Hall–Kier alpha value is -3.62. The molecule has 0 bridgehead atoms. The molecule has 1 aliphatic carbocycles. The van der Waals surface area contributed by atoms with E-state index < -0.39 is 23.6 Å². The summed E-state index contributed by atoms with van der Waals surface area (Å²) in [4.78, 5) is 44.9. The molecule has 3 amide bonds. The molecule has 8 nitrogen and oxygen atoms in total. The maximum absolute atomic E-state index is 15.1. The van der Waals surface area contributed by atoms with Gasteiger partial charge in [0.05, 0.1) is 17.3 Å². The van der Waals surface area contributed by atoms with E-state index in [0.29, 0.717) is 16.8 Å². The third-order valence-electron chi connectivity index (χ3n) is 7.45. The van der Waals surface area contributed by atoms with E-state index in [1.165, 1.54) is 6.07 Å². The van der Waals surface area contributed by atoms with Crippen LogP contribution in [0.5, 0.6) is 0 Å². The first-order valence-electron chi connectivity index (χ1n) is 13.8. The number of nitrogens with one attached hydrogen (secondary N) is 1. The van der Waals surface area contributed by atoms with Crippen molar-refractivity contribution in [1.82, 2.24) is 9.80 Å². The predicted molar refractivity (Wildman–Crippen MR) is 147 cm³/mol.